The normalized spacial score (nSPS) is 12.8. The van der Waals surface area contributed by atoms with Gasteiger partial charge in [-0.1, -0.05) is 89.6 Å². The third kappa shape index (κ3) is 10.6. The summed E-state index contributed by atoms with van der Waals surface area (Å²) in [6, 6.07) is 40.6. The summed E-state index contributed by atoms with van der Waals surface area (Å²) in [6.07, 6.45) is 9.07. The van der Waals surface area contributed by atoms with Crippen LogP contribution in [0, 0.1) is 13.8 Å². The van der Waals surface area contributed by atoms with Crippen molar-refractivity contribution in [2.24, 2.45) is 0 Å². The maximum absolute atomic E-state index is 14.2. The summed E-state index contributed by atoms with van der Waals surface area (Å²) in [5.74, 6) is 0.743. The molecule has 0 radical (unpaired) electrons. The molecule has 0 unspecified atom stereocenters. The number of hydrogen-bond donors (Lipinski definition) is 2. The topological polar surface area (TPSA) is 168 Å². The van der Waals surface area contributed by atoms with E-state index in [0.717, 1.165) is 112 Å². The maximum atomic E-state index is 14.2. The number of nitrogens with zero attached hydrogens (tertiary/aromatic N) is 8. The van der Waals surface area contributed by atoms with Crippen LogP contribution in [0.2, 0.25) is 0 Å². The predicted octanol–water partition coefficient (Wildman–Crippen LogP) is 13.4. The van der Waals surface area contributed by atoms with Crippen LogP contribution in [0.15, 0.2) is 157 Å². The van der Waals surface area contributed by atoms with Gasteiger partial charge in [-0.15, -0.1) is 0 Å². The highest BCUT2D eigenvalue weighted by atomic mass is 79.9. The Labute approximate surface area is 461 Å². The van der Waals surface area contributed by atoms with Crippen LogP contribution in [0.5, 0.6) is 0 Å². The first-order valence-electron chi connectivity index (χ1n) is 26.1. The first-order valence-corrected chi connectivity index (χ1v) is 26.9. The van der Waals surface area contributed by atoms with E-state index in [0.29, 0.717) is 62.0 Å². The molecule has 11 rings (SSSR count). The Morgan fingerprint density at radius 3 is 1.87 bits per heavy atom. The second kappa shape index (κ2) is 22.3. The van der Waals surface area contributed by atoms with Crippen LogP contribution in [-0.4, -0.2) is 77.4 Å². The van der Waals surface area contributed by atoms with E-state index in [2.05, 4.69) is 82.7 Å². The molecule has 2 aliphatic heterocycles. The minimum absolute atomic E-state index is 0.172. The lowest BCUT2D eigenvalue weighted by atomic mass is 9.91. The van der Waals surface area contributed by atoms with E-state index in [1.807, 2.05) is 96.0 Å². The number of carbonyl (C=O) groups excluding carboxylic acids is 3. The SMILES string of the molecule is CCOC(=O)c1ccc(-c2cccc(NC(=O)N3CCc4nc(-c5cccnc5)nc(-c5cccc(-c6cncc(-c7nc8c(c(-c9ccccc9C)n7)CN(C(=O)Nc7ccc(Br)c(CC)c7)CC8)c6)c5C)c4C3)c2)cc1. The van der Waals surface area contributed by atoms with E-state index < -0.39 is 0 Å². The van der Waals surface area contributed by atoms with Gasteiger partial charge in [-0.05, 0) is 121 Å². The third-order valence-corrected chi connectivity index (χ3v) is 15.2. The molecular formula is C63H55BrN10O4. The lowest BCUT2D eigenvalue weighted by Gasteiger charge is -2.30. The van der Waals surface area contributed by atoms with Gasteiger partial charge in [0.2, 0.25) is 0 Å². The third-order valence-electron chi connectivity index (χ3n) is 14.4. The molecule has 0 saturated heterocycles. The average molecular weight is 1100 g/mol. The zero-order valence-electron chi connectivity index (χ0n) is 43.7. The number of pyridine rings is 2. The van der Waals surface area contributed by atoms with Crippen LogP contribution in [0.25, 0.3) is 67.5 Å². The Hall–Kier alpha value is -8.95. The van der Waals surface area contributed by atoms with Crippen LogP contribution < -0.4 is 10.6 Å². The number of carbonyl (C=O) groups is 3. The molecule has 2 aliphatic rings. The number of halogens is 1. The van der Waals surface area contributed by atoms with Crippen molar-refractivity contribution < 1.29 is 19.1 Å². The highest BCUT2D eigenvalue weighted by Gasteiger charge is 2.30. The van der Waals surface area contributed by atoms with Gasteiger partial charge >= 0.3 is 18.0 Å². The molecule has 0 saturated carbocycles. The molecule has 78 heavy (non-hydrogen) atoms. The van der Waals surface area contributed by atoms with Crippen molar-refractivity contribution in [2.45, 2.75) is 60.0 Å². The van der Waals surface area contributed by atoms with Crippen LogP contribution in [0.4, 0.5) is 21.0 Å². The Kier molecular flexibility index (Phi) is 14.6. The highest BCUT2D eigenvalue weighted by Crippen LogP contribution is 2.39. The van der Waals surface area contributed by atoms with Crippen molar-refractivity contribution in [3.05, 3.63) is 201 Å². The molecule has 0 bridgehead atoms. The number of fused-ring (bicyclic) bond motifs is 2. The molecule has 4 aromatic heterocycles. The molecule has 0 fully saturated rings. The van der Waals surface area contributed by atoms with Crippen LogP contribution in [0.1, 0.15) is 63.4 Å². The Bertz CT molecular complexity index is 3780. The number of anilines is 2. The van der Waals surface area contributed by atoms with Crippen molar-refractivity contribution in [3.63, 3.8) is 0 Å². The Morgan fingerprint density at radius 2 is 1.19 bits per heavy atom. The number of rotatable bonds is 11. The molecule has 0 aliphatic carbocycles. The lowest BCUT2D eigenvalue weighted by molar-refractivity contribution is 0.0526. The molecule has 0 spiro atoms. The molecule has 2 N–H and O–H groups in total. The molecule has 0 atom stereocenters. The minimum Gasteiger partial charge on any atom is -0.462 e. The minimum atomic E-state index is -0.367. The summed E-state index contributed by atoms with van der Waals surface area (Å²) >= 11 is 3.62. The van der Waals surface area contributed by atoms with E-state index in [-0.39, 0.29) is 24.6 Å². The summed E-state index contributed by atoms with van der Waals surface area (Å²) < 4.78 is 6.17. The highest BCUT2D eigenvalue weighted by molar-refractivity contribution is 9.10. The molecule has 15 heteroatoms. The number of urea groups is 2. The van der Waals surface area contributed by atoms with Crippen molar-refractivity contribution in [1.29, 1.82) is 0 Å². The summed E-state index contributed by atoms with van der Waals surface area (Å²) in [5, 5.41) is 6.26. The van der Waals surface area contributed by atoms with Gasteiger partial charge in [0.15, 0.2) is 11.6 Å². The predicted molar refractivity (Wildman–Crippen MR) is 307 cm³/mol. The number of aryl methyl sites for hydroxylation is 2. The Balaban J connectivity index is 0.897. The van der Waals surface area contributed by atoms with Crippen LogP contribution in [0.3, 0.4) is 0 Å². The second-order valence-corrected chi connectivity index (χ2v) is 20.2. The number of aromatic nitrogens is 6. The van der Waals surface area contributed by atoms with Gasteiger partial charge in [0, 0.05) is 106 Å². The maximum Gasteiger partial charge on any atom is 0.338 e. The number of hydrogen-bond acceptors (Lipinski definition) is 10. The van der Waals surface area contributed by atoms with Gasteiger partial charge in [0.05, 0.1) is 48.0 Å². The van der Waals surface area contributed by atoms with Crippen molar-refractivity contribution in [2.75, 3.05) is 30.3 Å². The van der Waals surface area contributed by atoms with Crippen LogP contribution >= 0.6 is 15.9 Å². The van der Waals surface area contributed by atoms with Crippen molar-refractivity contribution in [1.82, 2.24) is 39.7 Å². The quantitative estimate of drug-likeness (QED) is 0.119. The van der Waals surface area contributed by atoms with Gasteiger partial charge in [-0.2, -0.15) is 0 Å². The summed E-state index contributed by atoms with van der Waals surface area (Å²) in [4.78, 5) is 74.0. The molecule has 9 aromatic rings. The summed E-state index contributed by atoms with van der Waals surface area (Å²) in [6.45, 7) is 9.92. The number of ether oxygens (including phenoxy) is 1. The van der Waals surface area contributed by atoms with E-state index in [1.54, 1.807) is 42.5 Å². The smallest absolute Gasteiger partial charge is 0.338 e. The van der Waals surface area contributed by atoms with E-state index in [9.17, 15) is 14.4 Å². The standard InChI is InChI=1S/C63H55BrN10O4/c1-5-40-31-48(23-24-54(40)64)68-63(77)73-28-25-55-52(36-73)57(49-16-8-7-12-38(49)3)71-60(70-55)46-30-45(34-66-35-46)50-17-10-18-51(39(50)4)58-53-37-74(29-26-56(53)69-59(72-58)44-14-11-27-65-33-44)62(76)67-47-15-9-13-43(32-47)41-19-21-42(22-20-41)61(75)78-6-2/h7-24,27,30-35H,5-6,25-26,28-29,36-37H2,1-4H3,(H,67,76)(H,68,77). The lowest BCUT2D eigenvalue weighted by Crippen LogP contribution is -2.39. The zero-order chi connectivity index (χ0) is 53.9. The first kappa shape index (κ1) is 51.2. The average Bonchev–Trinajstić information content (AvgIpc) is 3.49. The Morgan fingerprint density at radius 1 is 0.577 bits per heavy atom. The van der Waals surface area contributed by atoms with Gasteiger partial charge in [0.25, 0.3) is 0 Å². The van der Waals surface area contributed by atoms with Crippen molar-refractivity contribution >= 4 is 45.3 Å². The fourth-order valence-corrected chi connectivity index (χ4v) is 10.8. The summed E-state index contributed by atoms with van der Waals surface area (Å²) in [5.41, 5.74) is 17.2. The summed E-state index contributed by atoms with van der Waals surface area (Å²) in [7, 11) is 0. The van der Waals surface area contributed by atoms with E-state index in [4.69, 9.17) is 29.7 Å². The largest absolute Gasteiger partial charge is 0.462 e. The number of amides is 4. The molecule has 4 amide bonds. The van der Waals surface area contributed by atoms with Crippen LogP contribution in [-0.2, 0) is 37.1 Å². The van der Waals surface area contributed by atoms with E-state index in [1.165, 1.54) is 0 Å². The second-order valence-electron chi connectivity index (χ2n) is 19.4. The molecule has 6 heterocycles. The van der Waals surface area contributed by atoms with Gasteiger partial charge in [0.1, 0.15) is 0 Å². The monoisotopic (exact) mass is 1090 g/mol. The first-order chi connectivity index (χ1) is 38.0. The van der Waals surface area contributed by atoms with Crippen molar-refractivity contribution in [3.8, 4) is 67.5 Å². The fourth-order valence-electron chi connectivity index (χ4n) is 10.2. The van der Waals surface area contributed by atoms with Gasteiger partial charge in [-0.25, -0.2) is 34.3 Å². The van der Waals surface area contributed by atoms with E-state index >= 15 is 0 Å². The molecule has 14 nitrogen and oxygen atoms in total. The zero-order valence-corrected chi connectivity index (χ0v) is 45.3. The van der Waals surface area contributed by atoms with Gasteiger partial charge < -0.3 is 25.2 Å². The number of nitrogens with one attached hydrogen (secondary N) is 2. The fraction of sp³-hybridized carbons (Fsp3) is 0.190. The number of esters is 1. The van der Waals surface area contributed by atoms with Gasteiger partial charge in [-0.3, -0.25) is 9.97 Å². The molecule has 5 aromatic carbocycles. The number of benzene rings is 5. The molecular weight excluding hydrogens is 1040 g/mol. The molecule has 388 valence electrons.